The van der Waals surface area contributed by atoms with Crippen molar-refractivity contribution in [1.82, 2.24) is 24.8 Å². The predicted octanol–water partition coefficient (Wildman–Crippen LogP) is 2.61. The largest absolute Gasteiger partial charge is 0.351 e. The van der Waals surface area contributed by atoms with Gasteiger partial charge in [0.25, 0.3) is 0 Å². The van der Waals surface area contributed by atoms with Crippen molar-refractivity contribution in [3.8, 4) is 0 Å². The first kappa shape index (κ1) is 17.7. The van der Waals surface area contributed by atoms with Gasteiger partial charge in [-0.2, -0.15) is 0 Å². The number of fused-ring (bicyclic) bond motifs is 1. The molecule has 0 saturated carbocycles. The fourth-order valence-electron chi connectivity index (χ4n) is 3.78. The first-order valence-electron chi connectivity index (χ1n) is 9.58. The van der Waals surface area contributed by atoms with Crippen molar-refractivity contribution in [2.75, 3.05) is 13.1 Å². The van der Waals surface area contributed by atoms with Crippen molar-refractivity contribution in [3.05, 3.63) is 66.1 Å². The second-order valence-corrected chi connectivity index (χ2v) is 7.18. The Morgan fingerprint density at radius 3 is 2.63 bits per heavy atom. The summed E-state index contributed by atoms with van der Waals surface area (Å²) in [6.07, 6.45) is 4.01. The summed E-state index contributed by atoms with van der Waals surface area (Å²) < 4.78 is 2.08. The molecule has 6 heteroatoms. The molecule has 0 spiro atoms. The Labute approximate surface area is 159 Å². The molecule has 0 bridgehead atoms. The maximum Gasteiger partial charge on any atom is 0.237 e. The molecular formula is C21H25N5O. The number of amides is 1. The number of rotatable bonds is 5. The van der Waals surface area contributed by atoms with E-state index in [0.717, 1.165) is 43.0 Å². The van der Waals surface area contributed by atoms with E-state index in [1.54, 1.807) is 0 Å². The molecule has 4 rings (SSSR count). The molecule has 6 nitrogen and oxygen atoms in total. The molecule has 3 aromatic rings. The van der Waals surface area contributed by atoms with Crippen LogP contribution in [0.25, 0.3) is 5.65 Å². The van der Waals surface area contributed by atoms with E-state index in [1.165, 1.54) is 0 Å². The maximum absolute atomic E-state index is 12.5. The second-order valence-electron chi connectivity index (χ2n) is 7.18. The lowest BCUT2D eigenvalue weighted by molar-refractivity contribution is -0.126. The van der Waals surface area contributed by atoms with Crippen molar-refractivity contribution in [1.29, 1.82) is 0 Å². The number of likely N-dealkylation sites (tertiary alicyclic amines) is 1. The topological polar surface area (TPSA) is 62.5 Å². The zero-order valence-corrected chi connectivity index (χ0v) is 15.6. The fraction of sp³-hybridized carbons (Fsp3) is 0.381. The van der Waals surface area contributed by atoms with E-state index in [1.807, 2.05) is 61.7 Å². The lowest BCUT2D eigenvalue weighted by Crippen LogP contribution is -2.48. The molecule has 1 saturated heterocycles. The van der Waals surface area contributed by atoms with Crippen molar-refractivity contribution in [3.63, 3.8) is 0 Å². The van der Waals surface area contributed by atoms with Gasteiger partial charge in [0.05, 0.1) is 6.04 Å². The maximum atomic E-state index is 12.5. The Kier molecular flexibility index (Phi) is 5.16. The van der Waals surface area contributed by atoms with Crippen molar-refractivity contribution in [2.45, 2.75) is 38.3 Å². The van der Waals surface area contributed by atoms with Crippen LogP contribution in [-0.4, -0.2) is 44.5 Å². The van der Waals surface area contributed by atoms with Crippen LogP contribution in [0.2, 0.25) is 0 Å². The van der Waals surface area contributed by atoms with Crippen LogP contribution in [0.4, 0.5) is 0 Å². The van der Waals surface area contributed by atoms with Crippen molar-refractivity contribution >= 4 is 11.6 Å². The molecule has 1 unspecified atom stereocenters. The number of hydrogen-bond acceptors (Lipinski definition) is 4. The molecule has 27 heavy (non-hydrogen) atoms. The molecule has 1 N–H and O–H groups in total. The molecule has 1 fully saturated rings. The van der Waals surface area contributed by atoms with Crippen LogP contribution in [0.5, 0.6) is 0 Å². The standard InChI is InChI=1S/C21H25N5O/c1-16(21(27)22-15-17-7-3-2-4-8-17)25-13-10-18(11-14-25)20-24-23-19-9-5-6-12-26(19)20/h2-9,12,16,18H,10-11,13-15H2,1H3,(H,22,27). The van der Waals surface area contributed by atoms with E-state index in [4.69, 9.17) is 0 Å². The smallest absolute Gasteiger partial charge is 0.237 e. The van der Waals surface area contributed by atoms with Gasteiger partial charge in [0.2, 0.25) is 5.91 Å². The van der Waals surface area contributed by atoms with Gasteiger partial charge in [0, 0.05) is 18.7 Å². The number of aromatic nitrogens is 3. The van der Waals surface area contributed by atoms with Gasteiger partial charge in [-0.05, 0) is 50.6 Å². The average molecular weight is 363 g/mol. The molecule has 2 aromatic heterocycles. The molecule has 0 radical (unpaired) electrons. The third kappa shape index (κ3) is 3.85. The summed E-state index contributed by atoms with van der Waals surface area (Å²) in [6, 6.07) is 15.9. The molecule has 1 aromatic carbocycles. The Hall–Kier alpha value is -2.73. The van der Waals surface area contributed by atoms with E-state index in [-0.39, 0.29) is 11.9 Å². The number of piperidine rings is 1. The minimum Gasteiger partial charge on any atom is -0.351 e. The number of carbonyl (C=O) groups is 1. The van der Waals surface area contributed by atoms with E-state index in [9.17, 15) is 4.79 Å². The van der Waals surface area contributed by atoms with Crippen molar-refractivity contribution in [2.24, 2.45) is 0 Å². The number of nitrogens with one attached hydrogen (secondary N) is 1. The minimum atomic E-state index is -0.121. The van der Waals surface area contributed by atoms with E-state index in [0.29, 0.717) is 12.5 Å². The average Bonchev–Trinajstić information content (AvgIpc) is 3.16. The Balaban J connectivity index is 1.32. The van der Waals surface area contributed by atoms with Crippen LogP contribution in [0.1, 0.15) is 37.1 Å². The highest BCUT2D eigenvalue weighted by molar-refractivity contribution is 5.81. The van der Waals surface area contributed by atoms with Crippen LogP contribution >= 0.6 is 0 Å². The van der Waals surface area contributed by atoms with Crippen LogP contribution in [0.3, 0.4) is 0 Å². The van der Waals surface area contributed by atoms with Crippen LogP contribution in [-0.2, 0) is 11.3 Å². The zero-order chi connectivity index (χ0) is 18.6. The Morgan fingerprint density at radius 2 is 1.85 bits per heavy atom. The normalized spacial score (nSPS) is 17.1. The summed E-state index contributed by atoms with van der Waals surface area (Å²) in [7, 11) is 0. The third-order valence-electron chi connectivity index (χ3n) is 5.47. The first-order valence-corrected chi connectivity index (χ1v) is 9.58. The second kappa shape index (κ2) is 7.88. The number of nitrogens with zero attached hydrogens (tertiary/aromatic N) is 4. The number of pyridine rings is 1. The molecule has 0 aliphatic carbocycles. The first-order chi connectivity index (χ1) is 13.2. The van der Waals surface area contributed by atoms with E-state index < -0.39 is 0 Å². The van der Waals surface area contributed by atoms with E-state index in [2.05, 4.69) is 24.8 Å². The highest BCUT2D eigenvalue weighted by atomic mass is 16.2. The molecule has 1 amide bonds. The number of benzene rings is 1. The van der Waals surface area contributed by atoms with Gasteiger partial charge in [0.1, 0.15) is 5.82 Å². The van der Waals surface area contributed by atoms with Gasteiger partial charge in [-0.1, -0.05) is 36.4 Å². The van der Waals surface area contributed by atoms with Crippen molar-refractivity contribution < 1.29 is 4.79 Å². The zero-order valence-electron chi connectivity index (χ0n) is 15.6. The molecular weight excluding hydrogens is 338 g/mol. The number of carbonyl (C=O) groups excluding carboxylic acids is 1. The molecule has 3 heterocycles. The van der Waals surface area contributed by atoms with Gasteiger partial charge in [-0.25, -0.2) is 0 Å². The third-order valence-corrected chi connectivity index (χ3v) is 5.47. The minimum absolute atomic E-state index is 0.0882. The lowest BCUT2D eigenvalue weighted by Gasteiger charge is -2.34. The van der Waals surface area contributed by atoms with Gasteiger partial charge in [-0.15, -0.1) is 10.2 Å². The predicted molar refractivity (Wildman–Crippen MR) is 104 cm³/mol. The summed E-state index contributed by atoms with van der Waals surface area (Å²) in [5, 5.41) is 11.7. The Bertz CT molecular complexity index is 899. The summed E-state index contributed by atoms with van der Waals surface area (Å²) in [4.78, 5) is 14.8. The molecule has 1 atom stereocenters. The monoisotopic (exact) mass is 363 g/mol. The summed E-state index contributed by atoms with van der Waals surface area (Å²) in [5.41, 5.74) is 2.01. The van der Waals surface area contributed by atoms with Gasteiger partial charge >= 0.3 is 0 Å². The summed E-state index contributed by atoms with van der Waals surface area (Å²) in [6.45, 7) is 4.36. The van der Waals surface area contributed by atoms with Crippen LogP contribution < -0.4 is 5.32 Å². The van der Waals surface area contributed by atoms with Gasteiger partial charge in [0.15, 0.2) is 5.65 Å². The molecule has 1 aliphatic rings. The van der Waals surface area contributed by atoms with Gasteiger partial charge in [-0.3, -0.25) is 14.1 Å². The Morgan fingerprint density at radius 1 is 1.11 bits per heavy atom. The SMILES string of the molecule is CC(C(=O)NCc1ccccc1)N1CCC(c2nnc3ccccn23)CC1. The van der Waals surface area contributed by atoms with E-state index >= 15 is 0 Å². The van der Waals surface area contributed by atoms with Crippen LogP contribution in [0.15, 0.2) is 54.7 Å². The fourth-order valence-corrected chi connectivity index (χ4v) is 3.78. The molecule has 140 valence electrons. The van der Waals surface area contributed by atoms with Crippen LogP contribution in [0, 0.1) is 0 Å². The summed E-state index contributed by atoms with van der Waals surface area (Å²) in [5.74, 6) is 1.51. The quantitative estimate of drug-likeness (QED) is 0.757. The summed E-state index contributed by atoms with van der Waals surface area (Å²) >= 11 is 0. The highest BCUT2D eigenvalue weighted by Gasteiger charge is 2.29. The van der Waals surface area contributed by atoms with Gasteiger partial charge < -0.3 is 5.32 Å². The molecule has 1 aliphatic heterocycles. The highest BCUT2D eigenvalue weighted by Crippen LogP contribution is 2.27. The number of hydrogen-bond donors (Lipinski definition) is 1. The lowest BCUT2D eigenvalue weighted by atomic mass is 9.95.